The number of amidine groups is 1. The highest BCUT2D eigenvalue weighted by Crippen LogP contribution is 2.41. The van der Waals surface area contributed by atoms with Gasteiger partial charge in [0.25, 0.3) is 0 Å². The van der Waals surface area contributed by atoms with E-state index in [0.717, 1.165) is 60.6 Å². The van der Waals surface area contributed by atoms with Crippen LogP contribution < -0.4 is 10.3 Å². The molecular formula is C23H24ClF2N7. The van der Waals surface area contributed by atoms with Crippen molar-refractivity contribution in [1.29, 1.82) is 0 Å². The van der Waals surface area contributed by atoms with Gasteiger partial charge in [-0.1, -0.05) is 11.6 Å². The first kappa shape index (κ1) is 20.8. The lowest BCUT2D eigenvalue weighted by Crippen LogP contribution is -2.72. The number of aromatic nitrogens is 1. The molecule has 0 amide bonds. The summed E-state index contributed by atoms with van der Waals surface area (Å²) in [5.41, 5.74) is 5.33. The number of aliphatic imine (C=N–C) groups is 1. The molecule has 1 aromatic carbocycles. The second-order valence-electron chi connectivity index (χ2n) is 9.54. The zero-order valence-electron chi connectivity index (χ0n) is 18.0. The maximum atomic E-state index is 13.9. The largest absolute Gasteiger partial charge is 0.360 e. The summed E-state index contributed by atoms with van der Waals surface area (Å²) in [6.07, 6.45) is 5.30. The third-order valence-electron chi connectivity index (χ3n) is 6.72. The molecule has 6 rings (SSSR count). The molecule has 33 heavy (non-hydrogen) atoms. The van der Waals surface area contributed by atoms with Gasteiger partial charge >= 0.3 is 0 Å². The minimum absolute atomic E-state index is 0.120. The molecule has 1 aromatic heterocycles. The van der Waals surface area contributed by atoms with Crippen molar-refractivity contribution in [3.8, 4) is 0 Å². The van der Waals surface area contributed by atoms with E-state index in [1.165, 1.54) is 12.8 Å². The number of nitrogens with zero attached hydrogens (tertiary/aromatic N) is 6. The summed E-state index contributed by atoms with van der Waals surface area (Å²) < 4.78 is 27.0. The Labute approximate surface area is 195 Å². The van der Waals surface area contributed by atoms with E-state index in [1.54, 1.807) is 0 Å². The third-order valence-corrected chi connectivity index (χ3v) is 6.95. The SMILES string of the molecule is Fc1cnc(N2CC3(CN(/C=N/NC4=Nc5ccc(Cl)cc5CN(C5CC5)C4)C3)C2)c(F)c1. The fraction of sp³-hybridized carbons (Fsp3) is 0.435. The van der Waals surface area contributed by atoms with E-state index in [2.05, 4.69) is 25.3 Å². The first-order chi connectivity index (χ1) is 16.0. The van der Waals surface area contributed by atoms with Gasteiger partial charge < -0.3 is 9.80 Å². The van der Waals surface area contributed by atoms with Gasteiger partial charge in [0.1, 0.15) is 18.0 Å². The number of anilines is 1. The van der Waals surface area contributed by atoms with Crippen molar-refractivity contribution < 1.29 is 8.78 Å². The molecule has 4 heterocycles. The normalized spacial score (nSPS) is 22.0. The third kappa shape index (κ3) is 4.15. The summed E-state index contributed by atoms with van der Waals surface area (Å²) in [6, 6.07) is 7.30. The van der Waals surface area contributed by atoms with E-state index in [-0.39, 0.29) is 11.2 Å². The molecule has 172 valence electrons. The maximum Gasteiger partial charge on any atom is 0.168 e. The van der Waals surface area contributed by atoms with Gasteiger partial charge in [-0.3, -0.25) is 10.3 Å². The van der Waals surface area contributed by atoms with Crippen LogP contribution in [0.15, 0.2) is 40.6 Å². The lowest BCUT2D eigenvalue weighted by molar-refractivity contribution is 0.0319. The van der Waals surface area contributed by atoms with Crippen LogP contribution in [0, 0.1) is 17.0 Å². The summed E-state index contributed by atoms with van der Waals surface area (Å²) in [5, 5.41) is 5.16. The van der Waals surface area contributed by atoms with Crippen LogP contribution in [0.1, 0.15) is 18.4 Å². The molecule has 1 spiro atoms. The first-order valence-electron chi connectivity index (χ1n) is 11.2. The van der Waals surface area contributed by atoms with E-state index in [0.29, 0.717) is 19.1 Å². The van der Waals surface area contributed by atoms with Gasteiger partial charge in [-0.15, -0.1) is 0 Å². The van der Waals surface area contributed by atoms with Crippen LogP contribution in [0.4, 0.5) is 20.3 Å². The number of benzene rings is 1. The Morgan fingerprint density at radius 1 is 1.12 bits per heavy atom. The quantitative estimate of drug-likeness (QED) is 0.421. The number of hydrazone groups is 1. The number of nitrogens with one attached hydrogen (secondary N) is 1. The molecule has 2 aromatic rings. The first-order valence-corrected chi connectivity index (χ1v) is 11.5. The molecule has 0 atom stereocenters. The Balaban J connectivity index is 1.05. The molecule has 1 saturated carbocycles. The summed E-state index contributed by atoms with van der Waals surface area (Å²) >= 11 is 6.20. The van der Waals surface area contributed by atoms with Crippen LogP contribution >= 0.6 is 11.6 Å². The van der Waals surface area contributed by atoms with Gasteiger partial charge in [0.05, 0.1) is 18.4 Å². The zero-order chi connectivity index (χ0) is 22.6. The zero-order valence-corrected chi connectivity index (χ0v) is 18.8. The summed E-state index contributed by atoms with van der Waals surface area (Å²) in [5.74, 6) is -0.220. The van der Waals surface area contributed by atoms with Crippen LogP contribution in [0.2, 0.25) is 5.02 Å². The standard InChI is InChI=1S/C23H24ClF2N7/c24-16-1-4-20-15(5-16)8-32(18-2-3-18)9-21(29-20)30-28-14-31-10-23(11-31)12-33(13-23)22-19(26)6-17(25)7-27-22/h1,4-7,14,18H,2-3,8-13H2,(H,29,30)/b28-14+. The Hall–Kier alpha value is -2.78. The Bertz CT molecular complexity index is 1140. The van der Waals surface area contributed by atoms with Crippen molar-refractivity contribution in [1.82, 2.24) is 20.2 Å². The predicted octanol–water partition coefficient (Wildman–Crippen LogP) is 3.38. The molecule has 1 aliphatic carbocycles. The second-order valence-corrected chi connectivity index (χ2v) is 9.98. The molecular weight excluding hydrogens is 448 g/mol. The van der Waals surface area contributed by atoms with Gasteiger partial charge in [-0.05, 0) is 36.6 Å². The molecule has 7 nitrogen and oxygen atoms in total. The number of likely N-dealkylation sites (tertiary alicyclic amines) is 1. The van der Waals surface area contributed by atoms with Crippen LogP contribution in [0.5, 0.6) is 0 Å². The molecule has 4 aliphatic rings. The molecule has 0 bridgehead atoms. The number of hydrogen-bond acceptors (Lipinski definition) is 6. The second kappa shape index (κ2) is 7.92. The highest BCUT2D eigenvalue weighted by atomic mass is 35.5. The summed E-state index contributed by atoms with van der Waals surface area (Å²) in [6.45, 7) is 4.68. The van der Waals surface area contributed by atoms with Crippen LogP contribution in [0.3, 0.4) is 0 Å². The van der Waals surface area contributed by atoms with Crippen LogP contribution in [-0.4, -0.2) is 65.7 Å². The minimum Gasteiger partial charge on any atom is -0.360 e. The van der Waals surface area contributed by atoms with Crippen molar-refractivity contribution in [2.45, 2.75) is 25.4 Å². The average Bonchev–Trinajstić information content (AvgIpc) is 3.55. The van der Waals surface area contributed by atoms with Gasteiger partial charge in [-0.2, -0.15) is 5.10 Å². The van der Waals surface area contributed by atoms with E-state index < -0.39 is 11.6 Å². The Kier molecular flexibility index (Phi) is 4.99. The lowest BCUT2D eigenvalue weighted by atomic mass is 9.73. The Morgan fingerprint density at radius 2 is 1.94 bits per heavy atom. The van der Waals surface area contributed by atoms with E-state index in [4.69, 9.17) is 16.6 Å². The number of rotatable bonds is 4. The van der Waals surface area contributed by atoms with Gasteiger partial charge in [-0.25, -0.2) is 18.8 Å². The highest BCUT2D eigenvalue weighted by Gasteiger charge is 2.52. The molecule has 1 N–H and O–H groups in total. The van der Waals surface area contributed by atoms with E-state index in [1.807, 2.05) is 29.4 Å². The van der Waals surface area contributed by atoms with Crippen molar-refractivity contribution >= 4 is 35.3 Å². The smallest absolute Gasteiger partial charge is 0.168 e. The monoisotopic (exact) mass is 471 g/mol. The molecule has 2 saturated heterocycles. The number of fused-ring (bicyclic) bond motifs is 1. The van der Waals surface area contributed by atoms with Gasteiger partial charge in [0.15, 0.2) is 11.6 Å². The molecule has 0 unspecified atom stereocenters. The molecule has 10 heteroatoms. The van der Waals surface area contributed by atoms with Crippen molar-refractivity contribution in [3.05, 3.63) is 52.7 Å². The van der Waals surface area contributed by atoms with Gasteiger partial charge in [0, 0.05) is 55.3 Å². The molecule has 0 radical (unpaired) electrons. The topological polar surface area (TPSA) is 59.4 Å². The lowest BCUT2D eigenvalue weighted by Gasteiger charge is -2.60. The number of halogens is 3. The van der Waals surface area contributed by atoms with Crippen LogP contribution in [0.25, 0.3) is 0 Å². The van der Waals surface area contributed by atoms with E-state index in [9.17, 15) is 8.78 Å². The number of hydrogen-bond donors (Lipinski definition) is 1. The summed E-state index contributed by atoms with van der Waals surface area (Å²) in [4.78, 5) is 15.1. The van der Waals surface area contributed by atoms with Crippen molar-refractivity contribution in [2.75, 3.05) is 37.6 Å². The van der Waals surface area contributed by atoms with Crippen molar-refractivity contribution in [2.24, 2.45) is 15.5 Å². The Morgan fingerprint density at radius 3 is 2.70 bits per heavy atom. The molecule has 3 aliphatic heterocycles. The average molecular weight is 472 g/mol. The molecule has 3 fully saturated rings. The summed E-state index contributed by atoms with van der Waals surface area (Å²) in [7, 11) is 0. The fourth-order valence-corrected chi connectivity index (χ4v) is 5.23. The number of pyridine rings is 1. The predicted molar refractivity (Wildman–Crippen MR) is 124 cm³/mol. The van der Waals surface area contributed by atoms with E-state index >= 15 is 0 Å². The van der Waals surface area contributed by atoms with Crippen LogP contribution in [-0.2, 0) is 6.54 Å². The van der Waals surface area contributed by atoms with Crippen molar-refractivity contribution in [3.63, 3.8) is 0 Å². The fourth-order valence-electron chi connectivity index (χ4n) is 5.03. The highest BCUT2D eigenvalue weighted by molar-refractivity contribution is 6.30. The minimum atomic E-state index is -0.657. The maximum absolute atomic E-state index is 13.9. The van der Waals surface area contributed by atoms with Gasteiger partial charge in [0.2, 0.25) is 0 Å².